The topological polar surface area (TPSA) is 86.8 Å². The average Bonchev–Trinajstić information content (AvgIpc) is 2.93. The molecule has 7 nitrogen and oxygen atoms in total. The van der Waals surface area contributed by atoms with Crippen LogP contribution in [0, 0.1) is 20.8 Å². The largest absolute Gasteiger partial charge is 0.354 e. The summed E-state index contributed by atoms with van der Waals surface area (Å²) in [5.74, 6) is -0.864. The number of anilines is 1. The van der Waals surface area contributed by atoms with Gasteiger partial charge in [-0.25, -0.2) is 8.42 Å². The van der Waals surface area contributed by atoms with Crippen molar-refractivity contribution in [1.82, 2.24) is 10.2 Å². The molecule has 1 N–H and O–H groups in total. The van der Waals surface area contributed by atoms with Crippen molar-refractivity contribution in [2.45, 2.75) is 64.9 Å². The predicted molar refractivity (Wildman–Crippen MR) is 166 cm³/mol. The van der Waals surface area contributed by atoms with E-state index in [4.69, 9.17) is 23.2 Å². The molecule has 0 bridgehead atoms. The fraction of sp³-hybridized carbons (Fsp3) is 0.355. The normalized spacial score (nSPS) is 12.1. The number of hydrogen-bond acceptors (Lipinski definition) is 4. The fourth-order valence-corrected chi connectivity index (χ4v) is 6.10. The summed E-state index contributed by atoms with van der Waals surface area (Å²) in [6.07, 6.45) is 1.71. The van der Waals surface area contributed by atoms with Crippen molar-refractivity contribution in [3.63, 3.8) is 0 Å². The number of aryl methyl sites for hydroxylation is 2. The average molecular weight is 619 g/mol. The van der Waals surface area contributed by atoms with Gasteiger partial charge in [-0.15, -0.1) is 0 Å². The van der Waals surface area contributed by atoms with E-state index in [0.29, 0.717) is 27.8 Å². The van der Waals surface area contributed by atoms with Crippen molar-refractivity contribution in [1.29, 1.82) is 0 Å². The van der Waals surface area contributed by atoms with Gasteiger partial charge in [0.1, 0.15) is 12.6 Å². The van der Waals surface area contributed by atoms with Crippen LogP contribution in [0.3, 0.4) is 0 Å². The molecule has 1 unspecified atom stereocenters. The molecule has 0 saturated heterocycles. The van der Waals surface area contributed by atoms with Gasteiger partial charge in [0, 0.05) is 13.1 Å². The minimum absolute atomic E-state index is 0.0311. The molecular formula is C31H37Cl2N3O4S. The van der Waals surface area contributed by atoms with Gasteiger partial charge in [-0.05, 0) is 81.1 Å². The van der Waals surface area contributed by atoms with Gasteiger partial charge in [0.25, 0.3) is 10.0 Å². The molecule has 0 saturated carbocycles. The highest BCUT2D eigenvalue weighted by molar-refractivity contribution is 7.92. The van der Waals surface area contributed by atoms with Gasteiger partial charge >= 0.3 is 0 Å². The van der Waals surface area contributed by atoms with Crippen molar-refractivity contribution in [2.24, 2.45) is 0 Å². The smallest absolute Gasteiger partial charge is 0.264 e. The maximum Gasteiger partial charge on any atom is 0.264 e. The van der Waals surface area contributed by atoms with Gasteiger partial charge < -0.3 is 10.2 Å². The van der Waals surface area contributed by atoms with Crippen LogP contribution in [-0.2, 0) is 26.2 Å². The summed E-state index contributed by atoms with van der Waals surface area (Å²) in [6.45, 7) is 9.24. The van der Waals surface area contributed by atoms with Gasteiger partial charge in [-0.2, -0.15) is 0 Å². The summed E-state index contributed by atoms with van der Waals surface area (Å²) in [5.41, 5.74) is 3.58. The van der Waals surface area contributed by atoms with Crippen molar-refractivity contribution < 1.29 is 18.0 Å². The zero-order valence-electron chi connectivity index (χ0n) is 24.1. The summed E-state index contributed by atoms with van der Waals surface area (Å²) < 4.78 is 29.2. The second-order valence-corrected chi connectivity index (χ2v) is 12.8. The maximum atomic E-state index is 14.1. The van der Waals surface area contributed by atoms with Crippen LogP contribution < -0.4 is 9.62 Å². The molecule has 1 atom stereocenters. The number of nitrogens with one attached hydrogen (secondary N) is 1. The van der Waals surface area contributed by atoms with E-state index >= 15 is 0 Å². The lowest BCUT2D eigenvalue weighted by molar-refractivity contribution is -0.139. The van der Waals surface area contributed by atoms with E-state index in [0.717, 1.165) is 33.8 Å². The number of amides is 2. The highest BCUT2D eigenvalue weighted by Gasteiger charge is 2.33. The zero-order chi connectivity index (χ0) is 30.3. The van der Waals surface area contributed by atoms with Crippen molar-refractivity contribution in [3.05, 3.63) is 93.0 Å². The van der Waals surface area contributed by atoms with Crippen LogP contribution in [0.25, 0.3) is 0 Å². The molecule has 3 aromatic rings. The van der Waals surface area contributed by atoms with E-state index in [1.165, 1.54) is 17.0 Å². The number of hydrogen-bond donors (Lipinski definition) is 1. The molecule has 0 spiro atoms. The van der Waals surface area contributed by atoms with Gasteiger partial charge in [0.15, 0.2) is 0 Å². The molecule has 0 aliphatic carbocycles. The molecule has 0 aliphatic rings. The number of benzene rings is 3. The Hall–Kier alpha value is -3.07. The first-order valence-electron chi connectivity index (χ1n) is 13.5. The summed E-state index contributed by atoms with van der Waals surface area (Å²) in [6, 6.07) is 15.9. The Balaban J connectivity index is 2.06. The molecule has 220 valence electrons. The number of nitrogens with zero attached hydrogens (tertiary/aromatic N) is 2. The van der Waals surface area contributed by atoms with Gasteiger partial charge in [0.2, 0.25) is 11.8 Å². The Kier molecular flexibility index (Phi) is 11.2. The highest BCUT2D eigenvalue weighted by atomic mass is 35.5. The number of halogens is 2. The first-order valence-corrected chi connectivity index (χ1v) is 15.7. The number of sulfonamides is 1. The molecule has 0 aromatic heterocycles. The van der Waals surface area contributed by atoms with Crippen LogP contribution in [0.2, 0.25) is 10.0 Å². The van der Waals surface area contributed by atoms with E-state index in [9.17, 15) is 18.0 Å². The molecule has 0 radical (unpaired) electrons. The predicted octanol–water partition coefficient (Wildman–Crippen LogP) is 6.45. The van der Waals surface area contributed by atoms with Crippen molar-refractivity contribution in [3.8, 4) is 0 Å². The van der Waals surface area contributed by atoms with Gasteiger partial charge in [0.05, 0.1) is 20.6 Å². The molecule has 3 rings (SSSR count). The van der Waals surface area contributed by atoms with Gasteiger partial charge in [-0.1, -0.05) is 72.4 Å². The third-order valence-corrected chi connectivity index (χ3v) is 9.58. The minimum atomic E-state index is -4.14. The maximum absolute atomic E-state index is 14.1. The lowest BCUT2D eigenvalue weighted by Crippen LogP contribution is -2.51. The van der Waals surface area contributed by atoms with Crippen LogP contribution in [-0.4, -0.2) is 44.3 Å². The monoisotopic (exact) mass is 617 g/mol. The Morgan fingerprint density at radius 2 is 1.63 bits per heavy atom. The summed E-state index contributed by atoms with van der Waals surface area (Å²) in [4.78, 5) is 28.6. The third-order valence-electron chi connectivity index (χ3n) is 7.07. The van der Waals surface area contributed by atoms with E-state index in [1.54, 1.807) is 49.4 Å². The molecule has 3 aromatic carbocycles. The Bertz CT molecular complexity index is 1490. The Labute approximate surface area is 253 Å². The lowest BCUT2D eigenvalue weighted by Gasteiger charge is -2.32. The van der Waals surface area contributed by atoms with Crippen LogP contribution in [0.5, 0.6) is 0 Å². The molecule has 41 heavy (non-hydrogen) atoms. The SMILES string of the molecule is CCCCNC(=O)C(C)N(Cc1ccc(Cl)c(Cl)c1)C(=O)CN(c1cccc(C)c1C)S(=O)(=O)c1ccc(C)cc1. The number of unbranched alkanes of at least 4 members (excludes halogenated alkanes) is 1. The Morgan fingerprint density at radius 1 is 0.951 bits per heavy atom. The van der Waals surface area contributed by atoms with Gasteiger partial charge in [-0.3, -0.25) is 13.9 Å². The molecule has 0 heterocycles. The van der Waals surface area contributed by atoms with Crippen molar-refractivity contribution >= 4 is 50.7 Å². The Morgan fingerprint density at radius 3 is 2.27 bits per heavy atom. The van der Waals surface area contributed by atoms with Crippen LogP contribution in [0.1, 0.15) is 48.9 Å². The second-order valence-electron chi connectivity index (χ2n) is 10.1. The first kappa shape index (κ1) is 32.4. The number of carbonyl (C=O) groups excluding carboxylic acids is 2. The van der Waals surface area contributed by atoms with Crippen LogP contribution in [0.15, 0.2) is 65.6 Å². The molecular weight excluding hydrogens is 581 g/mol. The molecule has 0 fully saturated rings. The van der Waals surface area contributed by atoms with Crippen LogP contribution in [0.4, 0.5) is 5.69 Å². The zero-order valence-corrected chi connectivity index (χ0v) is 26.4. The summed E-state index contributed by atoms with van der Waals surface area (Å²) >= 11 is 12.3. The fourth-order valence-electron chi connectivity index (χ4n) is 4.31. The molecule has 0 aliphatic heterocycles. The first-order chi connectivity index (χ1) is 19.4. The van der Waals surface area contributed by atoms with Crippen LogP contribution >= 0.6 is 23.2 Å². The third kappa shape index (κ3) is 8.03. The second kappa shape index (κ2) is 14.2. The van der Waals surface area contributed by atoms with E-state index in [1.807, 2.05) is 33.8 Å². The van der Waals surface area contributed by atoms with Crippen molar-refractivity contribution in [2.75, 3.05) is 17.4 Å². The molecule has 10 heteroatoms. The standard InChI is InChI=1S/C31H37Cl2N3O4S/c1-6-7-17-34-31(38)24(5)35(19-25-13-16-27(32)28(33)18-25)30(37)20-36(29-10-8-9-22(3)23(29)4)41(39,40)26-14-11-21(2)12-15-26/h8-16,18,24H,6-7,17,19-20H2,1-5H3,(H,34,38). The number of carbonyl (C=O) groups is 2. The van der Waals surface area contributed by atoms with E-state index < -0.39 is 28.5 Å². The lowest BCUT2D eigenvalue weighted by atomic mass is 10.1. The summed E-state index contributed by atoms with van der Waals surface area (Å²) in [5, 5.41) is 3.56. The molecule has 2 amide bonds. The minimum Gasteiger partial charge on any atom is -0.354 e. The van der Waals surface area contributed by atoms with E-state index in [2.05, 4.69) is 5.32 Å². The van der Waals surface area contributed by atoms with E-state index in [-0.39, 0.29) is 17.3 Å². The number of rotatable bonds is 12. The summed E-state index contributed by atoms with van der Waals surface area (Å²) in [7, 11) is -4.14. The highest BCUT2D eigenvalue weighted by Crippen LogP contribution is 2.30. The quantitative estimate of drug-likeness (QED) is 0.237.